The Morgan fingerprint density at radius 1 is 0.894 bits per heavy atom. The summed E-state index contributed by atoms with van der Waals surface area (Å²) in [5.74, 6) is -1.37. The average Bonchev–Trinajstić information content (AvgIpc) is 3.50. The molecule has 0 atom stereocenters. The lowest BCUT2D eigenvalue weighted by molar-refractivity contribution is -0.384. The van der Waals surface area contributed by atoms with Gasteiger partial charge in [0.15, 0.2) is 0 Å². The number of non-ortho nitro benzene ring substituents is 1. The van der Waals surface area contributed by atoms with Gasteiger partial charge in [-0.05, 0) is 59.7 Å². The van der Waals surface area contributed by atoms with Crippen molar-refractivity contribution in [2.45, 2.75) is 4.90 Å². The summed E-state index contributed by atoms with van der Waals surface area (Å²) in [6, 6.07) is 32.5. The highest BCUT2D eigenvalue weighted by molar-refractivity contribution is 8.00. The lowest BCUT2D eigenvalue weighted by atomic mass is 10.1. The largest absolute Gasteiger partial charge is 0.321 e. The van der Waals surface area contributed by atoms with E-state index < -0.39 is 16.7 Å². The first-order chi connectivity index (χ1) is 22.8. The van der Waals surface area contributed by atoms with Gasteiger partial charge in [-0.3, -0.25) is 24.5 Å². The molecule has 0 unspecified atom stereocenters. The van der Waals surface area contributed by atoms with Gasteiger partial charge < -0.3 is 16.0 Å². The molecule has 3 amide bonds. The van der Waals surface area contributed by atoms with Crippen LogP contribution in [0, 0.1) is 21.4 Å². The molecule has 5 rings (SSSR count). The van der Waals surface area contributed by atoms with Crippen molar-refractivity contribution in [2.75, 3.05) is 16.4 Å². The molecule has 0 radical (unpaired) electrons. The van der Waals surface area contributed by atoms with E-state index in [0.717, 1.165) is 11.1 Å². The minimum atomic E-state index is -0.622. The van der Waals surface area contributed by atoms with E-state index in [1.54, 1.807) is 54.6 Å². The Morgan fingerprint density at radius 3 is 2.28 bits per heavy atom. The van der Waals surface area contributed by atoms with Crippen molar-refractivity contribution in [3.63, 3.8) is 0 Å². The normalized spacial score (nSPS) is 10.8. The molecule has 47 heavy (non-hydrogen) atoms. The maximum Gasteiger partial charge on any atom is 0.272 e. The summed E-state index contributed by atoms with van der Waals surface area (Å²) in [4.78, 5) is 50.4. The molecule has 5 aromatic rings. The van der Waals surface area contributed by atoms with Crippen molar-refractivity contribution in [3.8, 4) is 17.2 Å². The minimum absolute atomic E-state index is 0.0548. The summed E-state index contributed by atoms with van der Waals surface area (Å²) < 4.78 is 0. The summed E-state index contributed by atoms with van der Waals surface area (Å²) in [5.41, 5.74) is 3.08. The molecule has 1 heterocycles. The Bertz CT molecular complexity index is 2000. The number of nitrogens with zero attached hydrogens (tertiary/aromatic N) is 2. The first kappa shape index (κ1) is 32.4. The van der Waals surface area contributed by atoms with Crippen LogP contribution in [0.15, 0.2) is 125 Å². The fourth-order valence-corrected chi connectivity index (χ4v) is 6.06. The Labute approximate surface area is 277 Å². The third-order valence-corrected chi connectivity index (χ3v) is 8.54. The number of thioether (sulfide) groups is 1. The number of nitrogens with one attached hydrogen (secondary N) is 3. The maximum absolute atomic E-state index is 13.4. The monoisotopic (exact) mass is 659 g/mol. The van der Waals surface area contributed by atoms with Gasteiger partial charge in [-0.1, -0.05) is 54.6 Å². The Balaban J connectivity index is 1.26. The van der Waals surface area contributed by atoms with Crippen molar-refractivity contribution in [2.24, 2.45) is 0 Å². The van der Waals surface area contributed by atoms with Crippen molar-refractivity contribution in [1.29, 1.82) is 5.26 Å². The number of benzene rings is 4. The molecule has 0 aliphatic heterocycles. The van der Waals surface area contributed by atoms with Crippen LogP contribution in [-0.4, -0.2) is 28.4 Å². The standard InChI is InChI=1S/C35H25N5O5S2/c36-20-29-30(24-8-3-1-4-9-24)21-47-35(29)39-32(41)22-46-28-13-7-12-26(19-28)37-34(43)31(38-33(42)25-10-5-2-6-11-25)18-23-14-16-27(17-15-23)40(44)45/h1-19,21H,22H2,(H,37,43)(H,38,42)(H,39,41)/b31-18+. The molecule has 1 aromatic heterocycles. The molecule has 0 spiro atoms. The van der Waals surface area contributed by atoms with Gasteiger partial charge in [0.25, 0.3) is 17.5 Å². The molecule has 0 aliphatic carbocycles. The molecule has 3 N–H and O–H groups in total. The molecule has 0 bridgehead atoms. The number of thiophene rings is 1. The lowest BCUT2D eigenvalue weighted by Crippen LogP contribution is -2.30. The predicted molar refractivity (Wildman–Crippen MR) is 184 cm³/mol. The molecule has 0 saturated heterocycles. The number of hydrogen-bond acceptors (Lipinski definition) is 8. The van der Waals surface area contributed by atoms with Crippen molar-refractivity contribution >= 4 is 63.3 Å². The summed E-state index contributed by atoms with van der Waals surface area (Å²) in [6.07, 6.45) is 1.42. The van der Waals surface area contributed by atoms with E-state index >= 15 is 0 Å². The van der Waals surface area contributed by atoms with Gasteiger partial charge in [0.1, 0.15) is 16.8 Å². The number of carbonyl (C=O) groups is 3. The van der Waals surface area contributed by atoms with E-state index in [-0.39, 0.29) is 23.0 Å². The summed E-state index contributed by atoms with van der Waals surface area (Å²) in [6.45, 7) is 0. The molecule has 4 aromatic carbocycles. The Morgan fingerprint density at radius 2 is 1.60 bits per heavy atom. The van der Waals surface area contributed by atoms with E-state index in [2.05, 4.69) is 22.0 Å². The number of nitro groups is 1. The second-order valence-corrected chi connectivity index (χ2v) is 11.8. The van der Waals surface area contributed by atoms with Crippen molar-refractivity contribution in [3.05, 3.63) is 147 Å². The van der Waals surface area contributed by atoms with Crippen molar-refractivity contribution in [1.82, 2.24) is 5.32 Å². The zero-order chi connectivity index (χ0) is 33.2. The highest BCUT2D eigenvalue weighted by Gasteiger charge is 2.17. The van der Waals surface area contributed by atoms with Crippen molar-refractivity contribution < 1.29 is 19.3 Å². The second-order valence-electron chi connectivity index (χ2n) is 9.88. The number of amides is 3. The van der Waals surface area contributed by atoms with E-state index in [0.29, 0.717) is 32.3 Å². The van der Waals surface area contributed by atoms with Crippen LogP contribution in [-0.2, 0) is 9.59 Å². The number of hydrogen-bond donors (Lipinski definition) is 3. The predicted octanol–water partition coefficient (Wildman–Crippen LogP) is 7.34. The molecule has 0 fully saturated rings. The third kappa shape index (κ3) is 8.58. The zero-order valence-electron chi connectivity index (χ0n) is 24.5. The first-order valence-corrected chi connectivity index (χ1v) is 15.9. The highest BCUT2D eigenvalue weighted by atomic mass is 32.2. The van der Waals surface area contributed by atoms with Gasteiger partial charge in [0, 0.05) is 39.2 Å². The maximum atomic E-state index is 13.4. The van der Waals surface area contributed by atoms with Crippen LogP contribution < -0.4 is 16.0 Å². The number of nitro benzene ring substituents is 1. The Kier molecular flexibility index (Phi) is 10.5. The number of anilines is 2. The molecule has 0 aliphatic rings. The van der Waals surface area contributed by atoms with Crippen LogP contribution in [0.2, 0.25) is 0 Å². The first-order valence-electron chi connectivity index (χ1n) is 14.0. The van der Waals surface area contributed by atoms with Crippen LogP contribution in [0.4, 0.5) is 16.4 Å². The molecular weight excluding hydrogens is 635 g/mol. The third-order valence-electron chi connectivity index (χ3n) is 6.65. The highest BCUT2D eigenvalue weighted by Crippen LogP contribution is 2.35. The zero-order valence-corrected chi connectivity index (χ0v) is 26.1. The van der Waals surface area contributed by atoms with Crippen LogP contribution in [0.1, 0.15) is 21.5 Å². The van der Waals surface area contributed by atoms with E-state index in [1.807, 2.05) is 35.7 Å². The minimum Gasteiger partial charge on any atom is -0.321 e. The quantitative estimate of drug-likeness (QED) is 0.0580. The van der Waals surface area contributed by atoms with Gasteiger partial charge in [0.2, 0.25) is 5.91 Å². The molecule has 232 valence electrons. The number of nitriles is 1. The van der Waals surface area contributed by atoms with Gasteiger partial charge in [0.05, 0.1) is 16.2 Å². The average molecular weight is 660 g/mol. The van der Waals surface area contributed by atoms with Gasteiger partial charge in [-0.25, -0.2) is 0 Å². The van der Waals surface area contributed by atoms with Gasteiger partial charge >= 0.3 is 0 Å². The molecular formula is C35H25N5O5S2. The second kappa shape index (κ2) is 15.3. The van der Waals surface area contributed by atoms with Gasteiger partial charge in [-0.15, -0.1) is 23.1 Å². The lowest BCUT2D eigenvalue weighted by Gasteiger charge is -2.12. The summed E-state index contributed by atoms with van der Waals surface area (Å²) in [7, 11) is 0. The number of rotatable bonds is 11. The van der Waals surface area contributed by atoms with Crippen LogP contribution in [0.25, 0.3) is 17.2 Å². The molecule has 10 nitrogen and oxygen atoms in total. The van der Waals surface area contributed by atoms with Crippen LogP contribution in [0.5, 0.6) is 0 Å². The fourth-order valence-electron chi connectivity index (χ4n) is 4.37. The SMILES string of the molecule is N#Cc1c(-c2ccccc2)csc1NC(=O)CSc1cccc(NC(=O)/C(=C\c2ccc([N+](=O)[O-])cc2)NC(=O)c2ccccc2)c1. The van der Waals surface area contributed by atoms with E-state index in [9.17, 15) is 29.8 Å². The van der Waals surface area contributed by atoms with Crippen LogP contribution in [0.3, 0.4) is 0 Å². The fraction of sp³-hybridized carbons (Fsp3) is 0.0286. The van der Waals surface area contributed by atoms with Crippen LogP contribution >= 0.6 is 23.1 Å². The summed E-state index contributed by atoms with van der Waals surface area (Å²) in [5, 5.41) is 31.4. The molecule has 0 saturated carbocycles. The smallest absolute Gasteiger partial charge is 0.272 e. The van der Waals surface area contributed by atoms with E-state index in [4.69, 9.17) is 0 Å². The Hall–Kier alpha value is -6.03. The summed E-state index contributed by atoms with van der Waals surface area (Å²) >= 11 is 2.53. The number of carbonyl (C=O) groups excluding carboxylic acids is 3. The van der Waals surface area contributed by atoms with Gasteiger partial charge in [-0.2, -0.15) is 5.26 Å². The molecule has 12 heteroatoms. The van der Waals surface area contributed by atoms with E-state index in [1.165, 1.54) is 53.4 Å². The topological polar surface area (TPSA) is 154 Å².